The van der Waals surface area contributed by atoms with Crippen LogP contribution in [0.4, 0.5) is 0 Å². The smallest absolute Gasteiger partial charge is 0.254 e. The molecule has 0 saturated carbocycles. The second kappa shape index (κ2) is 5.82. The molecule has 0 bridgehead atoms. The number of nitrogens with zero attached hydrogens (tertiary/aromatic N) is 1. The normalized spacial score (nSPS) is 20.4. The molecule has 1 heterocycles. The first kappa shape index (κ1) is 12.8. The van der Waals surface area contributed by atoms with Gasteiger partial charge in [0.15, 0.2) is 0 Å². The fraction of sp³-hybridized carbons (Fsp3) is 0.462. The number of hydrogen-bond acceptors (Lipinski definition) is 2. The molecule has 0 unspecified atom stereocenters. The van der Waals surface area contributed by atoms with Gasteiger partial charge in [0.05, 0.1) is 12.6 Å². The molecule has 0 spiro atoms. The second-order valence-electron chi connectivity index (χ2n) is 4.34. The lowest BCUT2D eigenvalue weighted by Gasteiger charge is -2.34. The Morgan fingerprint density at radius 1 is 1.35 bits per heavy atom. The summed E-state index contributed by atoms with van der Waals surface area (Å²) in [6.45, 7) is 0.826. The summed E-state index contributed by atoms with van der Waals surface area (Å²) in [6.07, 6.45) is 3.04. The summed E-state index contributed by atoms with van der Waals surface area (Å²) in [5, 5.41) is 9.31. The Morgan fingerprint density at radius 2 is 2.06 bits per heavy atom. The number of likely N-dealkylation sites (tertiary alicyclic amines) is 1. The Labute approximate surface area is 115 Å². The standard InChI is InChI=1S/C13H16INO2/c14-11-6-4-10(5-7-11)13(17)15-8-2-1-3-12(15)9-16/h4-7,12,16H,1-3,8-9H2/t12-/m0/s1. The lowest BCUT2D eigenvalue weighted by atomic mass is 10.0. The largest absolute Gasteiger partial charge is 0.394 e. The van der Waals surface area contributed by atoms with E-state index in [-0.39, 0.29) is 18.6 Å². The van der Waals surface area contributed by atoms with Gasteiger partial charge in [-0.1, -0.05) is 0 Å². The van der Waals surface area contributed by atoms with Gasteiger partial charge in [-0.3, -0.25) is 4.79 Å². The topological polar surface area (TPSA) is 40.5 Å². The van der Waals surface area contributed by atoms with Crippen molar-refractivity contribution < 1.29 is 9.90 Å². The Balaban J connectivity index is 2.15. The van der Waals surface area contributed by atoms with Crippen molar-refractivity contribution in [2.75, 3.05) is 13.2 Å². The molecule has 1 aliphatic heterocycles. The van der Waals surface area contributed by atoms with Crippen molar-refractivity contribution in [3.63, 3.8) is 0 Å². The number of halogens is 1. The number of piperidine rings is 1. The fourth-order valence-electron chi connectivity index (χ4n) is 2.22. The number of aliphatic hydroxyl groups is 1. The van der Waals surface area contributed by atoms with Crippen LogP contribution in [0.5, 0.6) is 0 Å². The fourth-order valence-corrected chi connectivity index (χ4v) is 2.58. The highest BCUT2D eigenvalue weighted by molar-refractivity contribution is 14.1. The average molecular weight is 345 g/mol. The molecule has 1 fully saturated rings. The maximum Gasteiger partial charge on any atom is 0.254 e. The zero-order valence-corrected chi connectivity index (χ0v) is 11.8. The molecular weight excluding hydrogens is 329 g/mol. The quantitative estimate of drug-likeness (QED) is 0.836. The highest BCUT2D eigenvalue weighted by Crippen LogP contribution is 2.19. The van der Waals surface area contributed by atoms with Crippen LogP contribution in [-0.2, 0) is 0 Å². The molecule has 17 heavy (non-hydrogen) atoms. The van der Waals surface area contributed by atoms with E-state index < -0.39 is 0 Å². The molecule has 1 aromatic rings. The summed E-state index contributed by atoms with van der Waals surface area (Å²) in [5.74, 6) is 0.0418. The van der Waals surface area contributed by atoms with E-state index in [4.69, 9.17) is 0 Å². The Kier molecular flexibility index (Phi) is 4.39. The van der Waals surface area contributed by atoms with Crippen LogP contribution in [0.15, 0.2) is 24.3 Å². The van der Waals surface area contributed by atoms with Crippen molar-refractivity contribution in [2.24, 2.45) is 0 Å². The van der Waals surface area contributed by atoms with Crippen LogP contribution in [0.25, 0.3) is 0 Å². The second-order valence-corrected chi connectivity index (χ2v) is 5.58. The molecule has 1 N–H and O–H groups in total. The lowest BCUT2D eigenvalue weighted by molar-refractivity contribution is 0.0503. The number of aliphatic hydroxyl groups excluding tert-OH is 1. The van der Waals surface area contributed by atoms with Gasteiger partial charge in [-0.05, 0) is 66.1 Å². The maximum atomic E-state index is 12.3. The molecule has 1 saturated heterocycles. The molecular formula is C13H16INO2. The third kappa shape index (κ3) is 2.98. The minimum absolute atomic E-state index is 0.00414. The SMILES string of the molecule is O=C(c1ccc(I)cc1)N1CCCC[C@H]1CO. The van der Waals surface area contributed by atoms with Crippen LogP contribution in [0.2, 0.25) is 0 Å². The summed E-state index contributed by atoms with van der Waals surface area (Å²) >= 11 is 2.22. The molecule has 4 heteroatoms. The van der Waals surface area contributed by atoms with E-state index in [9.17, 15) is 9.90 Å². The van der Waals surface area contributed by atoms with Crippen molar-refractivity contribution in [2.45, 2.75) is 25.3 Å². The lowest BCUT2D eigenvalue weighted by Crippen LogP contribution is -2.45. The van der Waals surface area contributed by atoms with E-state index >= 15 is 0 Å². The monoisotopic (exact) mass is 345 g/mol. The summed E-state index contributed by atoms with van der Waals surface area (Å²) < 4.78 is 1.12. The predicted molar refractivity (Wildman–Crippen MR) is 74.9 cm³/mol. The molecule has 0 radical (unpaired) electrons. The van der Waals surface area contributed by atoms with Crippen LogP contribution in [0, 0.1) is 3.57 Å². The summed E-state index contributed by atoms with van der Waals surface area (Å²) in [7, 11) is 0. The van der Waals surface area contributed by atoms with Gasteiger partial charge < -0.3 is 10.0 Å². The van der Waals surface area contributed by atoms with E-state index in [1.807, 2.05) is 29.2 Å². The first-order valence-corrected chi connectivity index (χ1v) is 6.97. The molecule has 1 amide bonds. The molecule has 2 rings (SSSR count). The van der Waals surface area contributed by atoms with Crippen molar-refractivity contribution >= 4 is 28.5 Å². The van der Waals surface area contributed by atoms with E-state index in [0.29, 0.717) is 5.56 Å². The molecule has 3 nitrogen and oxygen atoms in total. The van der Waals surface area contributed by atoms with Crippen molar-refractivity contribution in [1.82, 2.24) is 4.90 Å². The van der Waals surface area contributed by atoms with Crippen molar-refractivity contribution in [3.8, 4) is 0 Å². The van der Waals surface area contributed by atoms with Gasteiger partial charge in [-0.15, -0.1) is 0 Å². The number of rotatable bonds is 2. The Morgan fingerprint density at radius 3 is 2.71 bits per heavy atom. The van der Waals surface area contributed by atoms with Crippen molar-refractivity contribution in [3.05, 3.63) is 33.4 Å². The van der Waals surface area contributed by atoms with Gasteiger partial charge in [-0.25, -0.2) is 0 Å². The zero-order valence-electron chi connectivity index (χ0n) is 9.60. The molecule has 1 atom stereocenters. The number of carbonyl (C=O) groups excluding carboxylic acids is 1. The van der Waals surface area contributed by atoms with E-state index in [2.05, 4.69) is 22.6 Å². The highest BCUT2D eigenvalue weighted by atomic mass is 127. The first-order chi connectivity index (χ1) is 8.22. The van der Waals surface area contributed by atoms with Gasteiger partial charge in [-0.2, -0.15) is 0 Å². The van der Waals surface area contributed by atoms with Gasteiger partial charge in [0.2, 0.25) is 0 Å². The van der Waals surface area contributed by atoms with Crippen LogP contribution < -0.4 is 0 Å². The van der Waals surface area contributed by atoms with Crippen LogP contribution in [0.3, 0.4) is 0 Å². The van der Waals surface area contributed by atoms with E-state index in [0.717, 1.165) is 29.4 Å². The van der Waals surface area contributed by atoms with Gasteiger partial charge in [0.25, 0.3) is 5.91 Å². The Bertz CT molecular complexity index is 391. The first-order valence-electron chi connectivity index (χ1n) is 5.90. The minimum Gasteiger partial charge on any atom is -0.394 e. The third-order valence-corrected chi connectivity index (χ3v) is 3.91. The van der Waals surface area contributed by atoms with Crippen LogP contribution >= 0.6 is 22.6 Å². The average Bonchev–Trinajstić information content (AvgIpc) is 2.39. The van der Waals surface area contributed by atoms with Crippen molar-refractivity contribution in [1.29, 1.82) is 0 Å². The number of hydrogen-bond donors (Lipinski definition) is 1. The van der Waals surface area contributed by atoms with E-state index in [1.54, 1.807) is 0 Å². The number of amides is 1. The third-order valence-electron chi connectivity index (χ3n) is 3.19. The number of carbonyl (C=O) groups is 1. The summed E-state index contributed by atoms with van der Waals surface area (Å²) in [5.41, 5.74) is 0.714. The maximum absolute atomic E-state index is 12.3. The predicted octanol–water partition coefficient (Wildman–Crippen LogP) is 2.28. The molecule has 1 aromatic carbocycles. The molecule has 0 aliphatic carbocycles. The number of benzene rings is 1. The summed E-state index contributed by atoms with van der Waals surface area (Å²) in [6, 6.07) is 7.58. The molecule has 92 valence electrons. The molecule has 0 aromatic heterocycles. The van der Waals surface area contributed by atoms with Gasteiger partial charge in [0.1, 0.15) is 0 Å². The van der Waals surface area contributed by atoms with Gasteiger partial charge >= 0.3 is 0 Å². The van der Waals surface area contributed by atoms with Gasteiger partial charge in [0, 0.05) is 15.7 Å². The Hall–Kier alpha value is -0.620. The van der Waals surface area contributed by atoms with Crippen LogP contribution in [-0.4, -0.2) is 35.1 Å². The minimum atomic E-state index is -0.00414. The zero-order chi connectivity index (χ0) is 12.3. The highest BCUT2D eigenvalue weighted by Gasteiger charge is 2.26. The summed E-state index contributed by atoms with van der Waals surface area (Å²) in [4.78, 5) is 14.1. The van der Waals surface area contributed by atoms with E-state index in [1.165, 1.54) is 0 Å². The molecule has 1 aliphatic rings. The van der Waals surface area contributed by atoms with Crippen LogP contribution in [0.1, 0.15) is 29.6 Å².